The van der Waals surface area contributed by atoms with Crippen LogP contribution in [0.3, 0.4) is 0 Å². The largest absolute Gasteiger partial charge is 0.450 e. The van der Waals surface area contributed by atoms with Crippen LogP contribution in [-0.2, 0) is 9.53 Å². The van der Waals surface area contributed by atoms with Crippen LogP contribution in [0.2, 0.25) is 0 Å². The van der Waals surface area contributed by atoms with E-state index in [0.29, 0.717) is 19.7 Å². The summed E-state index contributed by atoms with van der Waals surface area (Å²) >= 11 is 0. The predicted octanol–water partition coefficient (Wildman–Crippen LogP) is 4.20. The average Bonchev–Trinajstić information content (AvgIpc) is 3.32. The van der Waals surface area contributed by atoms with Gasteiger partial charge in [-0.3, -0.25) is 4.79 Å². The molecule has 2 saturated heterocycles. The first-order valence-corrected chi connectivity index (χ1v) is 14.8. The zero-order valence-corrected chi connectivity index (χ0v) is 21.7. The highest BCUT2D eigenvalue weighted by molar-refractivity contribution is 7.96. The summed E-state index contributed by atoms with van der Waals surface area (Å²) in [6.07, 6.45) is 2.18. The Morgan fingerprint density at radius 3 is 1.69 bits per heavy atom. The van der Waals surface area contributed by atoms with E-state index in [9.17, 15) is 9.59 Å². The normalized spacial score (nSPS) is 18.9. The monoisotopic (exact) mass is 501 g/mol. The summed E-state index contributed by atoms with van der Waals surface area (Å²) in [6, 6.07) is 32.1. The number of carbonyl (C=O) groups is 2. The van der Waals surface area contributed by atoms with Gasteiger partial charge in [-0.1, -0.05) is 54.6 Å². The average molecular weight is 502 g/mol. The first-order chi connectivity index (χ1) is 17.7. The van der Waals surface area contributed by atoms with Gasteiger partial charge in [0.1, 0.15) is 23.2 Å². The van der Waals surface area contributed by atoms with Gasteiger partial charge in [-0.05, 0) is 56.2 Å². The Kier molecular flexibility index (Phi) is 7.38. The molecule has 0 saturated carbocycles. The molecule has 186 valence electrons. The number of piperidine rings is 1. The van der Waals surface area contributed by atoms with E-state index < -0.39 is 7.26 Å². The van der Waals surface area contributed by atoms with Crippen molar-refractivity contribution in [3.8, 4) is 0 Å². The minimum atomic E-state index is -2.26. The number of amides is 2. The molecule has 0 N–H and O–H groups in total. The summed E-state index contributed by atoms with van der Waals surface area (Å²) in [5.41, 5.74) is -0.104. The Morgan fingerprint density at radius 1 is 0.778 bits per heavy atom. The van der Waals surface area contributed by atoms with Gasteiger partial charge in [0.05, 0.1) is 6.61 Å². The van der Waals surface area contributed by atoms with Crippen LogP contribution in [0.5, 0.6) is 0 Å². The molecule has 0 aromatic heterocycles. The van der Waals surface area contributed by atoms with Gasteiger partial charge in [-0.2, -0.15) is 0 Å². The molecule has 5 nitrogen and oxygen atoms in total. The predicted molar refractivity (Wildman–Crippen MR) is 147 cm³/mol. The van der Waals surface area contributed by atoms with E-state index in [0.717, 1.165) is 25.8 Å². The number of benzene rings is 3. The van der Waals surface area contributed by atoms with Crippen LogP contribution in [-0.4, -0.2) is 59.7 Å². The van der Waals surface area contributed by atoms with Gasteiger partial charge in [0.15, 0.2) is 5.66 Å². The maximum atomic E-state index is 14.3. The van der Waals surface area contributed by atoms with Crippen molar-refractivity contribution in [1.29, 1.82) is 0 Å². The van der Waals surface area contributed by atoms with Gasteiger partial charge >= 0.3 is 6.09 Å². The van der Waals surface area contributed by atoms with Crippen molar-refractivity contribution >= 4 is 35.2 Å². The van der Waals surface area contributed by atoms with E-state index in [1.165, 1.54) is 15.9 Å². The molecule has 5 rings (SSSR count). The second kappa shape index (κ2) is 10.8. The summed E-state index contributed by atoms with van der Waals surface area (Å²) in [7, 11) is -2.26. The molecule has 2 aliphatic heterocycles. The molecule has 0 spiro atoms. The van der Waals surface area contributed by atoms with E-state index in [-0.39, 0.29) is 23.7 Å². The van der Waals surface area contributed by atoms with Gasteiger partial charge in [0.25, 0.3) is 5.91 Å². The van der Waals surface area contributed by atoms with Crippen molar-refractivity contribution < 1.29 is 14.3 Å². The van der Waals surface area contributed by atoms with Gasteiger partial charge in [0, 0.05) is 32.1 Å². The highest BCUT2D eigenvalue weighted by Crippen LogP contribution is 2.62. The van der Waals surface area contributed by atoms with Gasteiger partial charge in [-0.25, -0.2) is 4.79 Å². The number of hydrogen-bond donors (Lipinski definition) is 0. The van der Waals surface area contributed by atoms with Crippen molar-refractivity contribution in [3.05, 3.63) is 91.0 Å². The summed E-state index contributed by atoms with van der Waals surface area (Å²) in [6.45, 7) is 4.24. The molecule has 2 aliphatic rings. The topological polar surface area (TPSA) is 49.9 Å². The van der Waals surface area contributed by atoms with Crippen molar-refractivity contribution in [2.24, 2.45) is 0 Å². The Morgan fingerprint density at radius 2 is 1.25 bits per heavy atom. The van der Waals surface area contributed by atoms with Crippen LogP contribution in [0.4, 0.5) is 4.79 Å². The standard InChI is InChI=1S/C30H34N2O3P/c1-2-35-30(34)31-21-18-24(19-22-31)32-23-20-28(29(32)33)36(25-12-6-3-7-13-25,26-14-8-4-9-15-26)27-16-10-5-11-17-27/h3-17,24,28H,2,18-23H2,1H3/q+1/t28-/m1/s1. The number of carbonyl (C=O) groups excluding carboxylic acids is 2. The van der Waals surface area contributed by atoms with Gasteiger partial charge in [-0.15, -0.1) is 0 Å². The summed E-state index contributed by atoms with van der Waals surface area (Å²) in [5.74, 6) is 0.259. The maximum absolute atomic E-state index is 14.3. The van der Waals surface area contributed by atoms with Crippen LogP contribution in [0.25, 0.3) is 0 Å². The summed E-state index contributed by atoms with van der Waals surface area (Å²) < 4.78 is 5.18. The fourth-order valence-corrected chi connectivity index (χ4v) is 10.8. The van der Waals surface area contributed by atoms with E-state index in [2.05, 4.69) is 77.7 Å². The molecule has 1 atom stereocenters. The molecule has 0 radical (unpaired) electrons. The van der Waals surface area contributed by atoms with E-state index in [1.807, 2.05) is 25.1 Å². The lowest BCUT2D eigenvalue weighted by molar-refractivity contribution is -0.130. The molecule has 3 aromatic carbocycles. The maximum Gasteiger partial charge on any atom is 0.409 e. The van der Waals surface area contributed by atoms with Crippen LogP contribution >= 0.6 is 7.26 Å². The first kappa shape index (κ1) is 24.5. The van der Waals surface area contributed by atoms with Crippen molar-refractivity contribution in [2.45, 2.75) is 37.9 Å². The molecule has 2 heterocycles. The minimum Gasteiger partial charge on any atom is -0.450 e. The van der Waals surface area contributed by atoms with Crippen molar-refractivity contribution in [2.75, 3.05) is 26.2 Å². The minimum absolute atomic E-state index is 0.104. The SMILES string of the molecule is CCOC(=O)N1CCC(N2CC[C@@H]([P+](c3ccccc3)(c3ccccc3)c3ccccc3)C2=O)CC1. The Balaban J connectivity index is 1.51. The molecular weight excluding hydrogens is 467 g/mol. The molecule has 0 unspecified atom stereocenters. The Bertz CT molecular complexity index is 1070. The zero-order chi connectivity index (χ0) is 25.0. The second-order valence-electron chi connectivity index (χ2n) is 9.48. The van der Waals surface area contributed by atoms with Crippen molar-refractivity contribution in [3.63, 3.8) is 0 Å². The molecule has 2 fully saturated rings. The lowest BCUT2D eigenvalue weighted by Crippen LogP contribution is -2.49. The molecule has 36 heavy (non-hydrogen) atoms. The van der Waals surface area contributed by atoms with Gasteiger partial charge in [0.2, 0.25) is 0 Å². The van der Waals surface area contributed by atoms with Crippen LogP contribution in [0.15, 0.2) is 91.0 Å². The third kappa shape index (κ3) is 4.41. The van der Waals surface area contributed by atoms with Gasteiger partial charge < -0.3 is 14.5 Å². The van der Waals surface area contributed by atoms with Crippen LogP contribution < -0.4 is 15.9 Å². The molecule has 6 heteroatoms. The molecular formula is C30H34N2O3P+. The van der Waals surface area contributed by atoms with Crippen LogP contribution in [0.1, 0.15) is 26.2 Å². The highest BCUT2D eigenvalue weighted by atomic mass is 31.2. The smallest absolute Gasteiger partial charge is 0.409 e. The number of rotatable bonds is 6. The number of ether oxygens (including phenoxy) is 1. The van der Waals surface area contributed by atoms with E-state index in [4.69, 9.17) is 4.74 Å². The third-order valence-corrected chi connectivity index (χ3v) is 12.4. The third-order valence-electron chi connectivity index (χ3n) is 7.60. The number of nitrogens with zero attached hydrogens (tertiary/aromatic N) is 2. The van der Waals surface area contributed by atoms with Crippen molar-refractivity contribution in [1.82, 2.24) is 9.80 Å². The molecule has 2 amide bonds. The first-order valence-electron chi connectivity index (χ1n) is 12.9. The van der Waals surface area contributed by atoms with E-state index in [1.54, 1.807) is 4.90 Å². The number of hydrogen-bond acceptors (Lipinski definition) is 3. The molecule has 0 bridgehead atoms. The lowest BCUT2D eigenvalue weighted by Gasteiger charge is -2.37. The quantitative estimate of drug-likeness (QED) is 0.476. The summed E-state index contributed by atoms with van der Waals surface area (Å²) in [5, 5.41) is 3.75. The van der Waals surface area contributed by atoms with E-state index >= 15 is 0 Å². The summed E-state index contributed by atoms with van der Waals surface area (Å²) in [4.78, 5) is 30.4. The second-order valence-corrected chi connectivity index (χ2v) is 13.1. The zero-order valence-electron chi connectivity index (χ0n) is 20.8. The Hall–Kier alpha value is -3.17. The molecule has 0 aliphatic carbocycles. The lowest BCUT2D eigenvalue weighted by atomic mass is 10.0. The Labute approximate surface area is 214 Å². The number of likely N-dealkylation sites (tertiary alicyclic amines) is 2. The highest BCUT2D eigenvalue weighted by Gasteiger charge is 2.59. The van der Waals surface area contributed by atoms with Crippen LogP contribution in [0, 0.1) is 0 Å². The fourth-order valence-electron chi connectivity index (χ4n) is 5.96. The molecule has 3 aromatic rings. The fraction of sp³-hybridized carbons (Fsp3) is 0.333.